The van der Waals surface area contributed by atoms with Crippen LogP contribution >= 0.6 is 0 Å². The highest BCUT2D eigenvalue weighted by atomic mass is 14.9. The van der Waals surface area contributed by atoms with Gasteiger partial charge in [-0.25, -0.2) is 0 Å². The number of hydrogen-bond acceptors (Lipinski definition) is 2. The molecular weight excluding hydrogens is 256 g/mol. The van der Waals surface area contributed by atoms with Crippen LogP contribution in [0, 0.1) is 11.3 Å². The normalized spacial score (nSPS) is 19.0. The fourth-order valence-electron chi connectivity index (χ4n) is 3.96. The predicted octanol–water partition coefficient (Wildman–Crippen LogP) is 3.75. The second-order valence-corrected chi connectivity index (χ2v) is 7.39. The highest BCUT2D eigenvalue weighted by molar-refractivity contribution is 5.15. The van der Waals surface area contributed by atoms with Gasteiger partial charge in [-0.05, 0) is 42.6 Å². The Labute approximate surface area is 130 Å². The van der Waals surface area contributed by atoms with Gasteiger partial charge in [-0.3, -0.25) is 0 Å². The van der Waals surface area contributed by atoms with E-state index in [1.54, 1.807) is 0 Å². The maximum atomic E-state index is 6.27. The molecule has 118 valence electrons. The van der Waals surface area contributed by atoms with E-state index in [0.29, 0.717) is 5.41 Å². The fraction of sp³-hybridized carbons (Fsp3) is 0.684. The molecule has 2 heteroatoms. The molecule has 0 saturated heterocycles. The lowest BCUT2D eigenvalue weighted by Gasteiger charge is -2.32. The molecule has 1 aliphatic rings. The molecule has 1 aromatic carbocycles. The van der Waals surface area contributed by atoms with Crippen molar-refractivity contribution in [3.63, 3.8) is 0 Å². The van der Waals surface area contributed by atoms with Crippen LogP contribution in [0.15, 0.2) is 30.3 Å². The van der Waals surface area contributed by atoms with Gasteiger partial charge in [0, 0.05) is 19.1 Å². The molecular formula is C19H32N2. The van der Waals surface area contributed by atoms with E-state index in [1.165, 1.54) is 37.7 Å². The second kappa shape index (κ2) is 7.95. The third kappa shape index (κ3) is 5.44. The Morgan fingerprint density at radius 1 is 1.14 bits per heavy atom. The SMILES string of the molecule is CC(C)CC1(CNCC(N)Cc2ccccc2)CCCC1. The molecule has 0 amide bonds. The number of hydrogen-bond donors (Lipinski definition) is 2. The summed E-state index contributed by atoms with van der Waals surface area (Å²) >= 11 is 0. The number of nitrogens with two attached hydrogens (primary N) is 1. The van der Waals surface area contributed by atoms with Crippen LogP contribution in [0.4, 0.5) is 0 Å². The molecule has 0 heterocycles. The van der Waals surface area contributed by atoms with Crippen LogP contribution in [0.2, 0.25) is 0 Å². The fourth-order valence-corrected chi connectivity index (χ4v) is 3.96. The third-order valence-corrected chi connectivity index (χ3v) is 4.75. The van der Waals surface area contributed by atoms with Gasteiger partial charge in [0.25, 0.3) is 0 Å². The van der Waals surface area contributed by atoms with Gasteiger partial charge in [0.15, 0.2) is 0 Å². The molecule has 21 heavy (non-hydrogen) atoms. The Bertz CT molecular complexity index is 393. The maximum Gasteiger partial charge on any atom is 0.0206 e. The zero-order valence-electron chi connectivity index (χ0n) is 13.8. The van der Waals surface area contributed by atoms with E-state index in [0.717, 1.165) is 25.4 Å². The van der Waals surface area contributed by atoms with Crippen LogP contribution in [0.1, 0.15) is 51.5 Å². The van der Waals surface area contributed by atoms with Gasteiger partial charge in [0.05, 0.1) is 0 Å². The second-order valence-electron chi connectivity index (χ2n) is 7.39. The minimum Gasteiger partial charge on any atom is -0.326 e. The van der Waals surface area contributed by atoms with E-state index in [1.807, 2.05) is 0 Å². The van der Waals surface area contributed by atoms with Gasteiger partial charge in [0.1, 0.15) is 0 Å². The molecule has 2 rings (SSSR count). The molecule has 0 aromatic heterocycles. The summed E-state index contributed by atoms with van der Waals surface area (Å²) in [7, 11) is 0. The van der Waals surface area contributed by atoms with Crippen molar-refractivity contribution in [2.45, 2.75) is 58.4 Å². The topological polar surface area (TPSA) is 38.0 Å². The highest BCUT2D eigenvalue weighted by Gasteiger charge is 2.33. The van der Waals surface area contributed by atoms with Crippen molar-refractivity contribution in [2.75, 3.05) is 13.1 Å². The molecule has 1 atom stereocenters. The van der Waals surface area contributed by atoms with Crippen molar-refractivity contribution in [3.05, 3.63) is 35.9 Å². The molecule has 0 radical (unpaired) electrons. The summed E-state index contributed by atoms with van der Waals surface area (Å²) < 4.78 is 0. The molecule has 0 bridgehead atoms. The van der Waals surface area contributed by atoms with E-state index >= 15 is 0 Å². The quantitative estimate of drug-likeness (QED) is 0.764. The Kier molecular flexibility index (Phi) is 6.25. The van der Waals surface area contributed by atoms with Gasteiger partial charge in [-0.1, -0.05) is 57.0 Å². The summed E-state index contributed by atoms with van der Waals surface area (Å²) in [6.07, 6.45) is 7.92. The molecule has 1 saturated carbocycles. The maximum absolute atomic E-state index is 6.27. The average Bonchev–Trinajstić information content (AvgIpc) is 2.87. The zero-order valence-corrected chi connectivity index (χ0v) is 13.8. The molecule has 1 unspecified atom stereocenters. The monoisotopic (exact) mass is 288 g/mol. The molecule has 3 N–H and O–H groups in total. The summed E-state index contributed by atoms with van der Waals surface area (Å²) in [6, 6.07) is 10.8. The molecule has 1 aliphatic carbocycles. The minimum absolute atomic E-state index is 0.213. The molecule has 0 spiro atoms. The zero-order chi connectivity index (χ0) is 15.1. The van der Waals surface area contributed by atoms with Crippen LogP contribution in [0.3, 0.4) is 0 Å². The van der Waals surface area contributed by atoms with Gasteiger partial charge in [0.2, 0.25) is 0 Å². The average molecular weight is 288 g/mol. The lowest BCUT2D eigenvalue weighted by molar-refractivity contribution is 0.223. The first-order valence-corrected chi connectivity index (χ1v) is 8.60. The van der Waals surface area contributed by atoms with Gasteiger partial charge in [-0.2, -0.15) is 0 Å². The number of nitrogens with one attached hydrogen (secondary N) is 1. The lowest BCUT2D eigenvalue weighted by Crippen LogP contribution is -2.41. The minimum atomic E-state index is 0.213. The van der Waals surface area contributed by atoms with E-state index in [2.05, 4.69) is 49.5 Å². The van der Waals surface area contributed by atoms with Crippen LogP contribution in [-0.4, -0.2) is 19.1 Å². The van der Waals surface area contributed by atoms with Gasteiger partial charge in [-0.15, -0.1) is 0 Å². The first kappa shape index (κ1) is 16.5. The predicted molar refractivity (Wildman–Crippen MR) is 91.3 cm³/mol. The van der Waals surface area contributed by atoms with Crippen molar-refractivity contribution < 1.29 is 0 Å². The van der Waals surface area contributed by atoms with E-state index in [4.69, 9.17) is 5.73 Å². The number of rotatable bonds is 8. The van der Waals surface area contributed by atoms with Crippen LogP contribution < -0.4 is 11.1 Å². The van der Waals surface area contributed by atoms with Crippen molar-refractivity contribution >= 4 is 0 Å². The van der Waals surface area contributed by atoms with Crippen molar-refractivity contribution in [1.29, 1.82) is 0 Å². The molecule has 1 aromatic rings. The Balaban J connectivity index is 1.74. The van der Waals surface area contributed by atoms with Crippen LogP contribution in [0.5, 0.6) is 0 Å². The lowest BCUT2D eigenvalue weighted by atomic mass is 9.78. The smallest absolute Gasteiger partial charge is 0.0206 e. The number of benzene rings is 1. The molecule has 2 nitrogen and oxygen atoms in total. The summed E-state index contributed by atoms with van der Waals surface area (Å²) in [5.74, 6) is 0.794. The van der Waals surface area contributed by atoms with Crippen LogP contribution in [-0.2, 0) is 6.42 Å². The van der Waals surface area contributed by atoms with E-state index in [9.17, 15) is 0 Å². The third-order valence-electron chi connectivity index (χ3n) is 4.75. The van der Waals surface area contributed by atoms with E-state index < -0.39 is 0 Å². The van der Waals surface area contributed by atoms with E-state index in [-0.39, 0.29) is 6.04 Å². The summed E-state index contributed by atoms with van der Waals surface area (Å²) in [5, 5.41) is 3.67. The summed E-state index contributed by atoms with van der Waals surface area (Å²) in [4.78, 5) is 0. The van der Waals surface area contributed by atoms with Crippen molar-refractivity contribution in [3.8, 4) is 0 Å². The Morgan fingerprint density at radius 2 is 1.81 bits per heavy atom. The van der Waals surface area contributed by atoms with Crippen molar-refractivity contribution in [2.24, 2.45) is 17.1 Å². The first-order chi connectivity index (χ1) is 10.1. The Hall–Kier alpha value is -0.860. The standard InChI is InChI=1S/C19H32N2/c1-16(2)13-19(10-6-7-11-19)15-21-14-18(20)12-17-8-4-3-5-9-17/h3-5,8-9,16,18,21H,6-7,10-15,20H2,1-2H3. The summed E-state index contributed by atoms with van der Waals surface area (Å²) in [6.45, 7) is 6.77. The molecule has 0 aliphatic heterocycles. The van der Waals surface area contributed by atoms with Crippen molar-refractivity contribution in [1.82, 2.24) is 5.32 Å². The van der Waals surface area contributed by atoms with Gasteiger partial charge >= 0.3 is 0 Å². The largest absolute Gasteiger partial charge is 0.326 e. The van der Waals surface area contributed by atoms with Crippen LogP contribution in [0.25, 0.3) is 0 Å². The first-order valence-electron chi connectivity index (χ1n) is 8.60. The highest BCUT2D eigenvalue weighted by Crippen LogP contribution is 2.42. The molecule has 1 fully saturated rings. The Morgan fingerprint density at radius 3 is 2.43 bits per heavy atom. The van der Waals surface area contributed by atoms with Gasteiger partial charge < -0.3 is 11.1 Å². The summed E-state index contributed by atoms with van der Waals surface area (Å²) in [5.41, 5.74) is 8.15.